The fraction of sp³-hybridized carbons (Fsp3) is 0.333. The van der Waals surface area contributed by atoms with E-state index >= 15 is 0 Å². The molecule has 1 aromatic carbocycles. The van der Waals surface area contributed by atoms with Crippen LogP contribution in [-0.2, 0) is 16.4 Å². The van der Waals surface area contributed by atoms with E-state index in [0.717, 1.165) is 19.3 Å². The van der Waals surface area contributed by atoms with Gasteiger partial charge in [0.25, 0.3) is 10.0 Å². The molecule has 0 amide bonds. The molecule has 0 fully saturated rings. The van der Waals surface area contributed by atoms with Gasteiger partial charge in [-0.05, 0) is 30.9 Å². The minimum atomic E-state index is -3.39. The van der Waals surface area contributed by atoms with E-state index in [1.54, 1.807) is 12.4 Å². The average Bonchev–Trinajstić information content (AvgIpc) is 2.92. The molecule has 0 spiro atoms. The van der Waals surface area contributed by atoms with Crippen molar-refractivity contribution in [3.05, 3.63) is 47.3 Å². The van der Waals surface area contributed by atoms with Gasteiger partial charge in [-0.25, -0.2) is 12.7 Å². The molecular weight excluding hydrogens is 304 g/mol. The standard InChI is InChI=1S/C15H20N2O2S2/c1-17(21(18,19)15-11-14(16)12-20-15)10-6-5-9-13-7-3-2-4-8-13/h2-4,7-8,11-12H,5-6,9-10,16H2,1H3. The molecule has 21 heavy (non-hydrogen) atoms. The third-order valence-corrected chi connectivity index (χ3v) is 6.58. The van der Waals surface area contributed by atoms with Gasteiger partial charge in [0, 0.05) is 24.7 Å². The highest BCUT2D eigenvalue weighted by Gasteiger charge is 2.21. The van der Waals surface area contributed by atoms with E-state index in [0.29, 0.717) is 16.4 Å². The van der Waals surface area contributed by atoms with Crippen LogP contribution in [0.1, 0.15) is 18.4 Å². The Hall–Kier alpha value is -1.37. The van der Waals surface area contributed by atoms with Crippen LogP contribution in [0.4, 0.5) is 5.69 Å². The van der Waals surface area contributed by atoms with E-state index in [1.165, 1.54) is 27.3 Å². The Bertz CT molecular complexity index is 666. The fourth-order valence-electron chi connectivity index (χ4n) is 2.05. The van der Waals surface area contributed by atoms with Crippen molar-refractivity contribution in [1.82, 2.24) is 4.31 Å². The van der Waals surface area contributed by atoms with E-state index in [-0.39, 0.29) is 0 Å². The summed E-state index contributed by atoms with van der Waals surface area (Å²) in [5.41, 5.74) is 7.37. The van der Waals surface area contributed by atoms with Crippen LogP contribution in [0.15, 0.2) is 46.0 Å². The number of sulfonamides is 1. The topological polar surface area (TPSA) is 63.4 Å². The second-order valence-electron chi connectivity index (χ2n) is 4.97. The number of hydrogen-bond donors (Lipinski definition) is 1. The number of rotatable bonds is 7. The number of nitrogens with two attached hydrogens (primary N) is 1. The molecular formula is C15H20N2O2S2. The van der Waals surface area contributed by atoms with Crippen molar-refractivity contribution in [3.8, 4) is 0 Å². The van der Waals surface area contributed by atoms with Gasteiger partial charge in [0.2, 0.25) is 0 Å². The zero-order valence-corrected chi connectivity index (χ0v) is 13.7. The minimum absolute atomic E-state index is 0.311. The Balaban J connectivity index is 1.83. The smallest absolute Gasteiger partial charge is 0.252 e. The Morgan fingerprint density at radius 2 is 1.90 bits per heavy atom. The first-order valence-corrected chi connectivity index (χ1v) is 9.16. The second-order valence-corrected chi connectivity index (χ2v) is 8.15. The van der Waals surface area contributed by atoms with Crippen molar-refractivity contribution in [2.24, 2.45) is 0 Å². The van der Waals surface area contributed by atoms with Gasteiger partial charge in [-0.15, -0.1) is 11.3 Å². The van der Waals surface area contributed by atoms with Crippen LogP contribution >= 0.6 is 11.3 Å². The summed E-state index contributed by atoms with van der Waals surface area (Å²) in [6.07, 6.45) is 2.78. The Kier molecular flexibility index (Phi) is 5.39. The van der Waals surface area contributed by atoms with Crippen LogP contribution in [0.5, 0.6) is 0 Å². The highest BCUT2D eigenvalue weighted by atomic mass is 32.2. The number of thiophene rings is 1. The van der Waals surface area contributed by atoms with Gasteiger partial charge in [0.15, 0.2) is 0 Å². The van der Waals surface area contributed by atoms with Crippen molar-refractivity contribution in [1.29, 1.82) is 0 Å². The first-order valence-electron chi connectivity index (χ1n) is 6.84. The number of anilines is 1. The summed E-state index contributed by atoms with van der Waals surface area (Å²) in [5.74, 6) is 0. The maximum Gasteiger partial charge on any atom is 0.252 e. The number of nitrogen functional groups attached to an aromatic ring is 1. The largest absolute Gasteiger partial charge is 0.398 e. The number of nitrogens with zero attached hydrogens (tertiary/aromatic N) is 1. The van der Waals surface area contributed by atoms with Gasteiger partial charge in [-0.1, -0.05) is 30.3 Å². The SMILES string of the molecule is CN(CCCCc1ccccc1)S(=O)(=O)c1cc(N)cs1. The lowest BCUT2D eigenvalue weighted by atomic mass is 10.1. The van der Waals surface area contributed by atoms with Crippen LogP contribution in [0.3, 0.4) is 0 Å². The summed E-state index contributed by atoms with van der Waals surface area (Å²) < 4.78 is 26.3. The molecule has 2 rings (SSSR count). The summed E-state index contributed by atoms with van der Waals surface area (Å²) in [6.45, 7) is 0.521. The summed E-state index contributed by atoms with van der Waals surface area (Å²) >= 11 is 1.17. The van der Waals surface area contributed by atoms with Crippen LogP contribution in [0, 0.1) is 0 Å². The Labute approximate surface area is 130 Å². The molecule has 0 saturated carbocycles. The van der Waals surface area contributed by atoms with Crippen molar-refractivity contribution in [2.75, 3.05) is 19.3 Å². The van der Waals surface area contributed by atoms with E-state index in [4.69, 9.17) is 5.73 Å². The summed E-state index contributed by atoms with van der Waals surface area (Å²) in [4.78, 5) is 0. The first kappa shape index (κ1) is 16.0. The quantitative estimate of drug-likeness (QED) is 0.796. The molecule has 0 saturated heterocycles. The molecule has 0 aliphatic carbocycles. The molecule has 1 aromatic heterocycles. The monoisotopic (exact) mass is 324 g/mol. The van der Waals surface area contributed by atoms with Gasteiger partial charge in [0.1, 0.15) is 4.21 Å². The minimum Gasteiger partial charge on any atom is -0.398 e. The Morgan fingerprint density at radius 3 is 2.52 bits per heavy atom. The molecule has 0 radical (unpaired) electrons. The Morgan fingerprint density at radius 1 is 1.19 bits per heavy atom. The lowest BCUT2D eigenvalue weighted by Crippen LogP contribution is -2.27. The predicted octanol–water partition coefficient (Wildman–Crippen LogP) is 2.97. The van der Waals surface area contributed by atoms with Crippen LogP contribution < -0.4 is 5.73 Å². The lowest BCUT2D eigenvalue weighted by Gasteiger charge is -2.15. The molecule has 0 aliphatic rings. The predicted molar refractivity (Wildman–Crippen MR) is 87.9 cm³/mol. The number of hydrogen-bond acceptors (Lipinski definition) is 4. The maximum absolute atomic E-state index is 12.3. The zero-order valence-electron chi connectivity index (χ0n) is 12.0. The number of benzene rings is 1. The van der Waals surface area contributed by atoms with Gasteiger partial charge in [-0.2, -0.15) is 0 Å². The maximum atomic E-state index is 12.3. The average molecular weight is 324 g/mol. The molecule has 0 unspecified atom stereocenters. The van der Waals surface area contributed by atoms with Crippen molar-refractivity contribution in [3.63, 3.8) is 0 Å². The van der Waals surface area contributed by atoms with E-state index in [9.17, 15) is 8.42 Å². The van der Waals surface area contributed by atoms with Gasteiger partial charge < -0.3 is 5.73 Å². The molecule has 114 valence electrons. The molecule has 0 atom stereocenters. The van der Waals surface area contributed by atoms with E-state index < -0.39 is 10.0 Å². The van der Waals surface area contributed by atoms with Crippen molar-refractivity contribution >= 4 is 27.0 Å². The molecule has 1 heterocycles. The molecule has 2 aromatic rings. The van der Waals surface area contributed by atoms with Gasteiger partial charge >= 0.3 is 0 Å². The molecule has 0 aliphatic heterocycles. The summed E-state index contributed by atoms with van der Waals surface area (Å²) in [6, 6.07) is 11.7. The molecule has 2 N–H and O–H groups in total. The number of aryl methyl sites for hydroxylation is 1. The molecule has 0 bridgehead atoms. The summed E-state index contributed by atoms with van der Waals surface area (Å²) in [5, 5.41) is 1.65. The normalized spacial score (nSPS) is 11.9. The lowest BCUT2D eigenvalue weighted by molar-refractivity contribution is 0.457. The zero-order chi connectivity index (χ0) is 15.3. The second kappa shape index (κ2) is 7.06. The molecule has 6 heteroatoms. The fourth-order valence-corrected chi connectivity index (χ4v) is 4.55. The number of unbranched alkanes of at least 4 members (excludes halogenated alkanes) is 1. The third kappa shape index (κ3) is 4.30. The molecule has 4 nitrogen and oxygen atoms in total. The van der Waals surface area contributed by atoms with Crippen LogP contribution in [0.25, 0.3) is 0 Å². The summed E-state index contributed by atoms with van der Waals surface area (Å²) in [7, 11) is -1.77. The highest BCUT2D eigenvalue weighted by Crippen LogP contribution is 2.24. The van der Waals surface area contributed by atoms with Crippen LogP contribution in [0.2, 0.25) is 0 Å². The van der Waals surface area contributed by atoms with Gasteiger partial charge in [0.05, 0.1) is 0 Å². The van der Waals surface area contributed by atoms with E-state index in [2.05, 4.69) is 12.1 Å². The third-order valence-electron chi connectivity index (χ3n) is 3.29. The van der Waals surface area contributed by atoms with Crippen LogP contribution in [-0.4, -0.2) is 26.3 Å². The first-order chi connectivity index (χ1) is 10.00. The van der Waals surface area contributed by atoms with Crippen molar-refractivity contribution in [2.45, 2.75) is 23.5 Å². The van der Waals surface area contributed by atoms with Crippen molar-refractivity contribution < 1.29 is 8.42 Å². The van der Waals surface area contributed by atoms with Gasteiger partial charge in [-0.3, -0.25) is 0 Å². The highest BCUT2D eigenvalue weighted by molar-refractivity contribution is 7.91. The van der Waals surface area contributed by atoms with E-state index in [1.807, 2.05) is 18.2 Å².